The molecule has 7 rings (SSSR count). The maximum atomic E-state index is 8.38. The van der Waals surface area contributed by atoms with Gasteiger partial charge in [0.1, 0.15) is 5.75 Å². The van der Waals surface area contributed by atoms with Gasteiger partial charge < -0.3 is 14.6 Å². The minimum Gasteiger partial charge on any atom is 0 e. The van der Waals surface area contributed by atoms with Crippen LogP contribution in [0.3, 0.4) is 0 Å². The van der Waals surface area contributed by atoms with E-state index in [4.69, 9.17) is 6.11 Å². The summed E-state index contributed by atoms with van der Waals surface area (Å²) in [6.45, 7) is 3.75. The Morgan fingerprint density at radius 3 is 2.22 bits per heavy atom. The van der Waals surface area contributed by atoms with E-state index in [0.717, 1.165) is 50.9 Å². The van der Waals surface area contributed by atoms with Crippen LogP contribution in [0.25, 0.3) is 22.5 Å². The van der Waals surface area contributed by atoms with Crippen LogP contribution in [0.15, 0.2) is 128 Å². The molecule has 1 aliphatic rings. The molecule has 1 radical (unpaired) electrons. The number of nitrogens with zero attached hydrogens (tertiary/aromatic N) is 3. The second-order valence-corrected chi connectivity index (χ2v) is 22.8. The first-order valence-corrected chi connectivity index (χ1v) is 22.5. The molecule has 3 heterocycles. The first kappa shape index (κ1) is 31.9. The van der Waals surface area contributed by atoms with Gasteiger partial charge in [0.05, 0.1) is 11.4 Å². The van der Waals surface area contributed by atoms with Crippen LogP contribution in [0.2, 0.25) is 17.3 Å². The van der Waals surface area contributed by atoms with Crippen LogP contribution in [0, 0.1) is 12.1 Å². The number of anilines is 3. The Balaban J connectivity index is 0.000000217. The molecule has 0 bridgehead atoms. The van der Waals surface area contributed by atoms with Crippen molar-refractivity contribution < 1.29 is 26.2 Å². The van der Waals surface area contributed by atoms with Gasteiger partial charge in [-0.25, -0.2) is 0 Å². The van der Waals surface area contributed by atoms with Crippen LogP contribution < -0.4 is 14.0 Å². The molecule has 0 aliphatic carbocycles. The number of hydrogen-bond acceptors (Lipinski definition) is 4. The zero-order chi connectivity index (χ0) is 32.3. The molecule has 0 fully saturated rings. The van der Waals surface area contributed by atoms with E-state index >= 15 is 0 Å². The van der Waals surface area contributed by atoms with Gasteiger partial charge in [-0.05, 0) is 41.9 Å². The van der Waals surface area contributed by atoms with Gasteiger partial charge in [-0.3, -0.25) is 0 Å². The Morgan fingerprint density at radius 2 is 1.52 bits per heavy atom. The largest absolute Gasteiger partial charge is 0 e. The van der Waals surface area contributed by atoms with Crippen molar-refractivity contribution in [3.63, 3.8) is 0 Å². The SMILES string of the molecule is [2H]C(C)(C)c1ccnc(-c2[c-]ccc3c2Oc2ccccc2N3c2ccccc2)c1.[CH3][Ge]([CH3])([CH3])[c]1ccc(-c2[c-]cccc2)nc1.[Ir]. The fourth-order valence-electron chi connectivity index (χ4n) is 5.19. The third-order valence-electron chi connectivity index (χ3n) is 7.71. The summed E-state index contributed by atoms with van der Waals surface area (Å²) >= 11 is -1.72. The van der Waals surface area contributed by atoms with Crippen molar-refractivity contribution in [3.05, 3.63) is 145 Å². The minimum absolute atomic E-state index is 0. The Hall–Kier alpha value is -4.03. The molecule has 0 N–H and O–H groups in total. The van der Waals surface area contributed by atoms with E-state index in [9.17, 15) is 0 Å². The van der Waals surface area contributed by atoms with Crippen molar-refractivity contribution in [2.75, 3.05) is 4.90 Å². The van der Waals surface area contributed by atoms with Crippen molar-refractivity contribution in [2.45, 2.75) is 37.0 Å². The second-order valence-electron chi connectivity index (χ2n) is 12.2. The van der Waals surface area contributed by atoms with Gasteiger partial charge in [0.25, 0.3) is 0 Å². The molecular weight excluding hydrogens is 803 g/mol. The van der Waals surface area contributed by atoms with E-state index in [1.807, 2.05) is 105 Å². The van der Waals surface area contributed by atoms with Gasteiger partial charge in [-0.2, -0.15) is 0 Å². The number of fused-ring (bicyclic) bond motifs is 2. The fraction of sp³-hybridized carbons (Fsp3) is 0.150. The minimum atomic E-state index is -1.72. The van der Waals surface area contributed by atoms with Crippen molar-refractivity contribution in [2.24, 2.45) is 0 Å². The van der Waals surface area contributed by atoms with Gasteiger partial charge in [-0.1, -0.05) is 61.4 Å². The molecule has 6 aromatic rings. The Morgan fingerprint density at radius 1 is 0.761 bits per heavy atom. The Labute approximate surface area is 290 Å². The molecule has 6 heteroatoms. The summed E-state index contributed by atoms with van der Waals surface area (Å²) in [5.41, 5.74) is 7.49. The standard InChI is InChI=1S/C26H21N2O.C14H16GeN.Ir/c1-18(2)19-15-16-27-22(17-19)21-11-8-13-24-26(21)29-25-14-7-6-12-23(25)28(24)20-9-4-3-5-10-20;1-15(2,3)13-9-10-14(16-11-13)12-7-5-4-6-8-12;/h3-10,12-18H,1-2H3;4-7,9-11H,1-3H3;/q2*-1;/i18D;;. The Bertz CT molecular complexity index is 1940. The number of ether oxygens (including phenoxy) is 1. The average Bonchev–Trinajstić information content (AvgIpc) is 3.07. The van der Waals surface area contributed by atoms with E-state index in [1.165, 1.54) is 4.40 Å². The first-order chi connectivity index (χ1) is 22.1. The second kappa shape index (κ2) is 14.6. The third kappa shape index (κ3) is 7.34. The van der Waals surface area contributed by atoms with Crippen LogP contribution in [-0.4, -0.2) is 23.2 Å². The molecule has 233 valence electrons. The fourth-order valence-corrected chi connectivity index (χ4v) is 7.37. The van der Waals surface area contributed by atoms with Gasteiger partial charge in [0.2, 0.25) is 0 Å². The van der Waals surface area contributed by atoms with E-state index in [2.05, 4.69) is 74.6 Å². The van der Waals surface area contributed by atoms with Crippen molar-refractivity contribution >= 4 is 34.7 Å². The van der Waals surface area contributed by atoms with Crippen molar-refractivity contribution in [1.29, 1.82) is 0 Å². The number of benzene rings is 4. The monoisotopic (exact) mass is 843 g/mol. The van der Waals surface area contributed by atoms with E-state index in [1.54, 1.807) is 6.20 Å². The van der Waals surface area contributed by atoms with Crippen LogP contribution in [0.4, 0.5) is 17.1 Å². The predicted molar refractivity (Wildman–Crippen MR) is 189 cm³/mol. The van der Waals surface area contributed by atoms with Crippen LogP contribution in [-0.2, 0) is 20.1 Å². The molecule has 0 saturated carbocycles. The zero-order valence-electron chi connectivity index (χ0n) is 27.7. The number of pyridine rings is 2. The van der Waals surface area contributed by atoms with Crippen molar-refractivity contribution in [3.8, 4) is 34.0 Å². The number of hydrogen-bond donors (Lipinski definition) is 0. The summed E-state index contributed by atoms with van der Waals surface area (Å²) in [6.07, 6.45) is 3.79. The summed E-state index contributed by atoms with van der Waals surface area (Å²) in [4.78, 5) is 11.3. The van der Waals surface area contributed by atoms with Gasteiger partial charge >= 0.3 is 99.8 Å². The van der Waals surface area contributed by atoms with E-state index in [0.29, 0.717) is 5.75 Å². The summed E-state index contributed by atoms with van der Waals surface area (Å²) in [5, 5.41) is 0. The first-order valence-electron chi connectivity index (χ1n) is 15.7. The molecule has 4 nitrogen and oxygen atoms in total. The molecule has 0 saturated heterocycles. The molecule has 0 amide bonds. The average molecular weight is 842 g/mol. The van der Waals surface area contributed by atoms with E-state index in [-0.39, 0.29) is 20.1 Å². The van der Waals surface area contributed by atoms with E-state index < -0.39 is 19.2 Å². The molecular formula is C40H37GeIrN3O-2. The smallest absolute Gasteiger partial charge is 0 e. The molecule has 0 unspecified atom stereocenters. The summed E-state index contributed by atoms with van der Waals surface area (Å²) in [7, 11) is 0. The van der Waals surface area contributed by atoms with Crippen LogP contribution in [0.1, 0.15) is 26.7 Å². The van der Waals surface area contributed by atoms with Gasteiger partial charge in [-0.15, -0.1) is 18.2 Å². The van der Waals surface area contributed by atoms with Crippen molar-refractivity contribution in [1.82, 2.24) is 9.97 Å². The maximum absolute atomic E-state index is 8.38. The number of rotatable bonds is 5. The Kier molecular flexibility index (Phi) is 10.1. The summed E-state index contributed by atoms with van der Waals surface area (Å²) in [5.74, 6) is 7.93. The normalized spacial score (nSPS) is 12.3. The van der Waals surface area contributed by atoms with Gasteiger partial charge in [0, 0.05) is 39.0 Å². The molecule has 0 spiro atoms. The molecule has 0 atom stereocenters. The number of aromatic nitrogens is 2. The van der Waals surface area contributed by atoms with Crippen LogP contribution in [0.5, 0.6) is 11.5 Å². The predicted octanol–water partition coefficient (Wildman–Crippen LogP) is 10.3. The maximum Gasteiger partial charge on any atom is 0 e. The quantitative estimate of drug-likeness (QED) is 0.128. The molecule has 46 heavy (non-hydrogen) atoms. The summed E-state index contributed by atoms with van der Waals surface area (Å²) in [6, 6.07) is 44.8. The zero-order valence-corrected chi connectivity index (χ0v) is 31.2. The molecule has 1 aliphatic heterocycles. The topological polar surface area (TPSA) is 38.2 Å². The molecule has 4 aromatic carbocycles. The summed E-state index contributed by atoms with van der Waals surface area (Å²) < 4.78 is 16.2. The molecule has 2 aromatic heterocycles. The van der Waals surface area contributed by atoms with Gasteiger partial charge in [0.15, 0.2) is 0 Å². The number of para-hydroxylation sites is 3. The third-order valence-corrected chi connectivity index (χ3v) is 12.0. The van der Waals surface area contributed by atoms with Crippen LogP contribution >= 0.6 is 0 Å².